The van der Waals surface area contributed by atoms with Crippen LogP contribution in [-0.2, 0) is 0 Å². The van der Waals surface area contributed by atoms with Gasteiger partial charge in [-0.25, -0.2) is 0 Å². The lowest BCUT2D eigenvalue weighted by Crippen LogP contribution is -2.17. The van der Waals surface area contributed by atoms with Crippen molar-refractivity contribution in [2.75, 3.05) is 16.8 Å². The van der Waals surface area contributed by atoms with E-state index in [-0.39, 0.29) is 0 Å². The van der Waals surface area contributed by atoms with Gasteiger partial charge in [-0.1, -0.05) is 18.3 Å². The van der Waals surface area contributed by atoms with Crippen LogP contribution in [0.2, 0.25) is 0 Å². The molecule has 0 aliphatic rings. The van der Waals surface area contributed by atoms with E-state index < -0.39 is 0 Å². The zero-order chi connectivity index (χ0) is 9.68. The van der Waals surface area contributed by atoms with Gasteiger partial charge in [-0.2, -0.15) is 11.8 Å². The van der Waals surface area contributed by atoms with Gasteiger partial charge in [0.15, 0.2) is 3.92 Å². The number of hydrogen-bond acceptors (Lipinski definition) is 5. The maximum Gasteiger partial charge on any atom is 0.206 e. The summed E-state index contributed by atoms with van der Waals surface area (Å²) in [5, 5.41) is 12.0. The van der Waals surface area contributed by atoms with Gasteiger partial charge < -0.3 is 5.32 Å². The zero-order valence-corrected chi connectivity index (χ0v) is 10.8. The summed E-state index contributed by atoms with van der Waals surface area (Å²) in [5.74, 6) is 2.26. The molecule has 0 radical (unpaired) electrons. The Labute approximate surface area is 94.8 Å². The highest BCUT2D eigenvalue weighted by atomic mass is 79.9. The normalized spacial score (nSPS) is 12.8. The number of nitrogens with one attached hydrogen (secondary N) is 1. The average molecular weight is 282 g/mol. The van der Waals surface area contributed by atoms with Gasteiger partial charge >= 0.3 is 0 Å². The number of hydrogen-bond donors (Lipinski definition) is 1. The van der Waals surface area contributed by atoms with E-state index in [2.05, 4.69) is 45.3 Å². The van der Waals surface area contributed by atoms with E-state index >= 15 is 0 Å². The minimum Gasteiger partial charge on any atom is -0.357 e. The van der Waals surface area contributed by atoms with Crippen molar-refractivity contribution in [1.29, 1.82) is 0 Å². The Kier molecular flexibility index (Phi) is 5.05. The standard InChI is InChI=1S/C7H12BrN3S2/c1-3-12-4-5(2)9-7-11-10-6(8)13-7/h5H,3-4H2,1-2H3,(H,9,11). The van der Waals surface area contributed by atoms with Crippen molar-refractivity contribution < 1.29 is 0 Å². The molecule has 13 heavy (non-hydrogen) atoms. The van der Waals surface area contributed by atoms with Gasteiger partial charge in [0.05, 0.1) is 0 Å². The summed E-state index contributed by atoms with van der Waals surface area (Å²) in [7, 11) is 0. The van der Waals surface area contributed by atoms with Crippen molar-refractivity contribution >= 4 is 44.2 Å². The van der Waals surface area contributed by atoms with E-state index in [1.165, 1.54) is 11.3 Å². The molecule has 1 aromatic heterocycles. The van der Waals surface area contributed by atoms with Crippen LogP contribution in [-0.4, -0.2) is 27.7 Å². The Morgan fingerprint density at radius 3 is 2.92 bits per heavy atom. The van der Waals surface area contributed by atoms with Crippen LogP contribution in [0, 0.1) is 0 Å². The van der Waals surface area contributed by atoms with Crippen LogP contribution < -0.4 is 5.32 Å². The smallest absolute Gasteiger partial charge is 0.206 e. The van der Waals surface area contributed by atoms with Crippen LogP contribution >= 0.6 is 39.0 Å². The van der Waals surface area contributed by atoms with Crippen LogP contribution in [0.25, 0.3) is 0 Å². The van der Waals surface area contributed by atoms with Gasteiger partial charge in [-0.15, -0.1) is 10.2 Å². The van der Waals surface area contributed by atoms with Gasteiger partial charge in [-0.3, -0.25) is 0 Å². The molecular formula is C7H12BrN3S2. The number of halogens is 1. The molecular weight excluding hydrogens is 270 g/mol. The van der Waals surface area contributed by atoms with Gasteiger partial charge in [0.1, 0.15) is 0 Å². The molecule has 1 unspecified atom stereocenters. The van der Waals surface area contributed by atoms with E-state index in [1.807, 2.05) is 11.8 Å². The average Bonchev–Trinajstić information content (AvgIpc) is 2.48. The van der Waals surface area contributed by atoms with Crippen molar-refractivity contribution in [3.05, 3.63) is 3.92 Å². The predicted octanol–water partition coefficient (Wildman–Crippen LogP) is 2.85. The first kappa shape index (κ1) is 11.3. The lowest BCUT2D eigenvalue weighted by Gasteiger charge is -2.10. The fourth-order valence-corrected chi connectivity index (χ4v) is 2.61. The summed E-state index contributed by atoms with van der Waals surface area (Å²) in [4.78, 5) is 0. The Balaban J connectivity index is 2.31. The molecule has 3 nitrogen and oxygen atoms in total. The van der Waals surface area contributed by atoms with Crippen molar-refractivity contribution in [1.82, 2.24) is 10.2 Å². The molecule has 1 N–H and O–H groups in total. The topological polar surface area (TPSA) is 37.8 Å². The van der Waals surface area contributed by atoms with Gasteiger partial charge in [0.25, 0.3) is 0 Å². The first-order valence-corrected chi connectivity index (χ1v) is 6.82. The molecule has 0 saturated carbocycles. The van der Waals surface area contributed by atoms with Crippen LogP contribution in [0.5, 0.6) is 0 Å². The second-order valence-corrected chi connectivity index (χ2v) is 6.14. The molecule has 1 heterocycles. The van der Waals surface area contributed by atoms with Crippen LogP contribution in [0.3, 0.4) is 0 Å². The highest BCUT2D eigenvalue weighted by molar-refractivity contribution is 9.11. The second kappa shape index (κ2) is 5.82. The number of thioether (sulfide) groups is 1. The van der Waals surface area contributed by atoms with Gasteiger partial charge in [0.2, 0.25) is 5.13 Å². The molecule has 0 saturated heterocycles. The molecule has 0 aliphatic heterocycles. The molecule has 1 atom stereocenters. The van der Waals surface area contributed by atoms with Crippen LogP contribution in [0.1, 0.15) is 13.8 Å². The minimum absolute atomic E-state index is 0.449. The molecule has 0 fully saturated rings. The van der Waals surface area contributed by atoms with E-state index in [0.29, 0.717) is 6.04 Å². The van der Waals surface area contributed by atoms with E-state index in [9.17, 15) is 0 Å². The van der Waals surface area contributed by atoms with Crippen molar-refractivity contribution in [3.63, 3.8) is 0 Å². The Bertz CT molecular complexity index is 254. The maximum absolute atomic E-state index is 3.97. The molecule has 0 amide bonds. The number of nitrogens with zero attached hydrogens (tertiary/aromatic N) is 2. The summed E-state index contributed by atoms with van der Waals surface area (Å²) in [5.41, 5.74) is 0. The van der Waals surface area contributed by atoms with E-state index in [4.69, 9.17) is 0 Å². The van der Waals surface area contributed by atoms with Crippen molar-refractivity contribution in [3.8, 4) is 0 Å². The first-order chi connectivity index (χ1) is 6.22. The summed E-state index contributed by atoms with van der Waals surface area (Å²) in [6, 6.07) is 0.449. The molecule has 1 rings (SSSR count). The molecule has 74 valence electrons. The number of rotatable bonds is 5. The summed E-state index contributed by atoms with van der Waals surface area (Å²) < 4.78 is 0.824. The zero-order valence-electron chi connectivity index (χ0n) is 7.58. The highest BCUT2D eigenvalue weighted by Gasteiger charge is 2.05. The summed E-state index contributed by atoms with van der Waals surface area (Å²) >= 11 is 6.72. The SMILES string of the molecule is CCSCC(C)Nc1nnc(Br)s1. The van der Waals surface area contributed by atoms with Gasteiger partial charge in [-0.05, 0) is 28.6 Å². The fourth-order valence-electron chi connectivity index (χ4n) is 0.811. The molecule has 0 aromatic carbocycles. The third kappa shape index (κ3) is 4.28. The van der Waals surface area contributed by atoms with Crippen LogP contribution in [0.15, 0.2) is 3.92 Å². The minimum atomic E-state index is 0.449. The lowest BCUT2D eigenvalue weighted by atomic mass is 10.4. The third-order valence-corrected chi connectivity index (χ3v) is 3.77. The predicted molar refractivity (Wildman–Crippen MR) is 63.7 cm³/mol. The molecule has 0 spiro atoms. The Morgan fingerprint density at radius 1 is 1.62 bits per heavy atom. The van der Waals surface area contributed by atoms with Gasteiger partial charge in [0, 0.05) is 11.8 Å². The molecule has 0 bridgehead atoms. The summed E-state index contributed by atoms with van der Waals surface area (Å²) in [6.07, 6.45) is 0. The Hall–Kier alpha value is 0.190. The first-order valence-electron chi connectivity index (χ1n) is 4.05. The maximum atomic E-state index is 3.97. The Morgan fingerprint density at radius 2 is 2.38 bits per heavy atom. The highest BCUT2D eigenvalue weighted by Crippen LogP contribution is 2.21. The van der Waals surface area contributed by atoms with E-state index in [1.54, 1.807) is 0 Å². The summed E-state index contributed by atoms with van der Waals surface area (Å²) in [6.45, 7) is 4.32. The fraction of sp³-hybridized carbons (Fsp3) is 0.714. The molecule has 1 aromatic rings. The largest absolute Gasteiger partial charge is 0.357 e. The second-order valence-electron chi connectivity index (χ2n) is 2.57. The molecule has 0 aliphatic carbocycles. The third-order valence-electron chi connectivity index (χ3n) is 1.34. The quantitative estimate of drug-likeness (QED) is 0.901. The van der Waals surface area contributed by atoms with E-state index in [0.717, 1.165) is 20.6 Å². The molecule has 6 heteroatoms. The van der Waals surface area contributed by atoms with Crippen LogP contribution in [0.4, 0.5) is 5.13 Å². The number of anilines is 1. The monoisotopic (exact) mass is 281 g/mol. The van der Waals surface area contributed by atoms with Crippen molar-refractivity contribution in [2.24, 2.45) is 0 Å². The number of aromatic nitrogens is 2. The van der Waals surface area contributed by atoms with Crippen molar-refractivity contribution in [2.45, 2.75) is 19.9 Å². The lowest BCUT2D eigenvalue weighted by molar-refractivity contribution is 0.899.